The molecule has 0 amide bonds. The van der Waals surface area contributed by atoms with E-state index in [0.717, 1.165) is 0 Å². The molecule has 3 aromatic carbocycles. The zero-order chi connectivity index (χ0) is 18.6. The molecule has 27 heavy (non-hydrogen) atoms. The second-order valence-corrected chi connectivity index (χ2v) is 8.35. The molecule has 0 aliphatic rings. The van der Waals surface area contributed by atoms with Gasteiger partial charge in [0.15, 0.2) is 14.3 Å². The first kappa shape index (κ1) is 17.7. The Morgan fingerprint density at radius 3 is 2.00 bits per heavy atom. The van der Waals surface area contributed by atoms with Crippen LogP contribution < -0.4 is 0 Å². The van der Waals surface area contributed by atoms with Gasteiger partial charge in [0.2, 0.25) is 0 Å². The second kappa shape index (κ2) is 7.91. The van der Waals surface area contributed by atoms with E-state index in [9.17, 15) is 4.79 Å². The normalized spacial score (nSPS) is 11.1. The van der Waals surface area contributed by atoms with Gasteiger partial charge in [-0.2, -0.15) is 0 Å². The van der Waals surface area contributed by atoms with Crippen LogP contribution in [0.2, 0.25) is 0 Å². The molecule has 1 heterocycles. The highest BCUT2D eigenvalue weighted by Crippen LogP contribution is 2.48. The highest BCUT2D eigenvalue weighted by Gasteiger charge is 2.23. The zero-order valence-corrected chi connectivity index (χ0v) is 15.7. The van der Waals surface area contributed by atoms with E-state index < -0.39 is 0 Å². The van der Waals surface area contributed by atoms with E-state index in [0.29, 0.717) is 25.0 Å². The monoisotopic (exact) mass is 377 g/mol. The molecule has 0 spiro atoms. The number of fused-ring (bicyclic) bond motifs is 3. The lowest BCUT2D eigenvalue weighted by Gasteiger charge is -2.04. The Labute approximate surface area is 160 Å². The Bertz CT molecular complexity index is 1030. The maximum absolute atomic E-state index is 12.2. The summed E-state index contributed by atoms with van der Waals surface area (Å²) in [5.41, 5.74) is 0.562. The molecular formula is C23H21O3S+. The maximum atomic E-state index is 12.2. The van der Waals surface area contributed by atoms with E-state index in [-0.39, 0.29) is 23.0 Å². The van der Waals surface area contributed by atoms with Crippen LogP contribution in [0.25, 0.3) is 25.1 Å². The summed E-state index contributed by atoms with van der Waals surface area (Å²) in [5.74, 6) is -0.310. The molecule has 1 N–H and O–H groups in total. The zero-order valence-electron chi connectivity index (χ0n) is 14.9. The summed E-state index contributed by atoms with van der Waals surface area (Å²) in [7, 11) is -0.150. The summed E-state index contributed by atoms with van der Waals surface area (Å²) in [4.78, 5) is 13.4. The molecule has 0 fully saturated rings. The van der Waals surface area contributed by atoms with Crippen LogP contribution in [-0.2, 0) is 4.74 Å². The number of rotatable bonds is 6. The number of benzene rings is 3. The molecule has 4 rings (SSSR count). The van der Waals surface area contributed by atoms with Gasteiger partial charge in [0.1, 0.15) is 0 Å². The average Bonchev–Trinajstić information content (AvgIpc) is 3.06. The highest BCUT2D eigenvalue weighted by molar-refractivity contribution is 7.50. The number of hydrogen-bond acceptors (Lipinski definition) is 3. The fraction of sp³-hybridized carbons (Fsp3) is 0.174. The Morgan fingerprint density at radius 2 is 1.41 bits per heavy atom. The van der Waals surface area contributed by atoms with Gasteiger partial charge in [0.05, 0.1) is 12.2 Å². The number of thiophene rings is 1. The average molecular weight is 377 g/mol. The summed E-state index contributed by atoms with van der Waals surface area (Å²) in [6, 6.07) is 24.9. The van der Waals surface area contributed by atoms with E-state index in [1.54, 1.807) is 0 Å². The Kier molecular flexibility index (Phi) is 5.19. The lowest BCUT2D eigenvalue weighted by Crippen LogP contribution is -2.06. The first-order valence-corrected chi connectivity index (χ1v) is 10.3. The van der Waals surface area contributed by atoms with Gasteiger partial charge in [-0.15, -0.1) is 0 Å². The number of unbranched alkanes of at least 4 members (excludes halogenated alkanes) is 1. The lowest BCUT2D eigenvalue weighted by atomic mass is 10.2. The van der Waals surface area contributed by atoms with Gasteiger partial charge in [-0.25, -0.2) is 4.79 Å². The van der Waals surface area contributed by atoms with Crippen molar-refractivity contribution >= 4 is 36.6 Å². The van der Waals surface area contributed by atoms with Gasteiger partial charge < -0.3 is 9.84 Å². The SMILES string of the molecule is O=C(OCCCCO)c1ccc(-[s+]2c3ccccc3c3ccccc32)cc1. The van der Waals surface area contributed by atoms with Crippen molar-refractivity contribution in [3.8, 4) is 4.90 Å². The lowest BCUT2D eigenvalue weighted by molar-refractivity contribution is 0.0492. The fourth-order valence-corrected chi connectivity index (χ4v) is 5.67. The molecular weight excluding hydrogens is 356 g/mol. The van der Waals surface area contributed by atoms with Crippen molar-refractivity contribution in [3.05, 3.63) is 78.4 Å². The molecule has 0 saturated heterocycles. The van der Waals surface area contributed by atoms with Crippen LogP contribution in [0.15, 0.2) is 72.8 Å². The minimum atomic E-state index is -0.310. The van der Waals surface area contributed by atoms with Crippen LogP contribution in [-0.4, -0.2) is 24.3 Å². The van der Waals surface area contributed by atoms with E-state index in [2.05, 4.69) is 48.5 Å². The van der Waals surface area contributed by atoms with Gasteiger partial charge in [0.25, 0.3) is 0 Å². The van der Waals surface area contributed by atoms with Crippen molar-refractivity contribution in [2.75, 3.05) is 13.2 Å². The van der Waals surface area contributed by atoms with E-state index in [4.69, 9.17) is 9.84 Å². The fourth-order valence-electron chi connectivity index (χ4n) is 3.30. The molecule has 4 aromatic rings. The summed E-state index contributed by atoms with van der Waals surface area (Å²) in [5, 5.41) is 11.4. The number of aliphatic hydroxyl groups is 1. The van der Waals surface area contributed by atoms with Crippen molar-refractivity contribution in [2.24, 2.45) is 0 Å². The Morgan fingerprint density at radius 1 is 0.815 bits per heavy atom. The van der Waals surface area contributed by atoms with E-state index in [1.165, 1.54) is 25.1 Å². The van der Waals surface area contributed by atoms with Gasteiger partial charge in [-0.1, -0.05) is 24.3 Å². The van der Waals surface area contributed by atoms with Crippen molar-refractivity contribution < 1.29 is 14.6 Å². The molecule has 0 radical (unpaired) electrons. The van der Waals surface area contributed by atoms with Crippen LogP contribution >= 0.6 is 10.5 Å². The molecule has 0 atom stereocenters. The highest BCUT2D eigenvalue weighted by atomic mass is 32.2. The Balaban J connectivity index is 1.67. The van der Waals surface area contributed by atoms with Crippen molar-refractivity contribution in [3.63, 3.8) is 0 Å². The van der Waals surface area contributed by atoms with Gasteiger partial charge >= 0.3 is 5.97 Å². The number of hydrogen-bond donors (Lipinski definition) is 1. The van der Waals surface area contributed by atoms with E-state index >= 15 is 0 Å². The molecule has 0 aliphatic carbocycles. The summed E-state index contributed by atoms with van der Waals surface area (Å²) in [6.45, 7) is 0.462. The van der Waals surface area contributed by atoms with Crippen molar-refractivity contribution in [2.45, 2.75) is 12.8 Å². The maximum Gasteiger partial charge on any atom is 0.338 e. The van der Waals surface area contributed by atoms with E-state index in [1.807, 2.05) is 24.3 Å². The third kappa shape index (κ3) is 3.46. The number of carbonyl (C=O) groups is 1. The van der Waals surface area contributed by atoms with Crippen LogP contribution in [0.3, 0.4) is 0 Å². The van der Waals surface area contributed by atoms with Crippen molar-refractivity contribution in [1.82, 2.24) is 0 Å². The molecule has 136 valence electrons. The quantitative estimate of drug-likeness (QED) is 0.268. The smallest absolute Gasteiger partial charge is 0.338 e. The Hall–Kier alpha value is -2.69. The summed E-state index contributed by atoms with van der Waals surface area (Å²) < 4.78 is 7.92. The third-order valence-corrected chi connectivity index (χ3v) is 6.95. The van der Waals surface area contributed by atoms with Gasteiger partial charge in [0, 0.05) is 27.8 Å². The topological polar surface area (TPSA) is 46.5 Å². The molecule has 0 bridgehead atoms. The standard InChI is InChI=1S/C23H21O3S/c24-15-5-6-16-26-23(25)17-11-13-18(14-12-17)27-21-9-3-1-7-19(21)20-8-2-4-10-22(20)27/h1-4,7-14,24H,5-6,15-16H2/q+1. The molecule has 0 aliphatic heterocycles. The van der Waals surface area contributed by atoms with Gasteiger partial charge in [-0.3, -0.25) is 0 Å². The van der Waals surface area contributed by atoms with Crippen LogP contribution in [0.1, 0.15) is 23.2 Å². The second-order valence-electron chi connectivity index (χ2n) is 6.39. The molecule has 4 heteroatoms. The predicted octanol–water partition coefficient (Wildman–Crippen LogP) is 5.66. The minimum Gasteiger partial charge on any atom is -0.462 e. The molecule has 1 aromatic heterocycles. The molecule has 3 nitrogen and oxygen atoms in total. The minimum absolute atomic E-state index is 0.123. The van der Waals surface area contributed by atoms with Crippen molar-refractivity contribution in [1.29, 1.82) is 0 Å². The first-order valence-electron chi connectivity index (χ1n) is 9.10. The number of ether oxygens (including phenoxy) is 1. The van der Waals surface area contributed by atoms with Crippen LogP contribution in [0, 0.1) is 0 Å². The molecule has 0 saturated carbocycles. The third-order valence-electron chi connectivity index (χ3n) is 4.62. The summed E-state index contributed by atoms with van der Waals surface area (Å²) in [6.07, 6.45) is 1.32. The summed E-state index contributed by atoms with van der Waals surface area (Å²) >= 11 is 0. The van der Waals surface area contributed by atoms with Crippen LogP contribution in [0.4, 0.5) is 0 Å². The largest absolute Gasteiger partial charge is 0.462 e. The van der Waals surface area contributed by atoms with Crippen LogP contribution in [0.5, 0.6) is 0 Å². The number of esters is 1. The predicted molar refractivity (Wildman–Crippen MR) is 112 cm³/mol. The van der Waals surface area contributed by atoms with Gasteiger partial charge in [-0.05, 0) is 61.4 Å². The first-order chi connectivity index (χ1) is 13.3. The number of carbonyl (C=O) groups excluding carboxylic acids is 1. The number of aliphatic hydroxyl groups excluding tert-OH is 1. The molecule has 0 unspecified atom stereocenters.